The lowest BCUT2D eigenvalue weighted by molar-refractivity contribution is 0.00511. The van der Waals surface area contributed by atoms with Gasteiger partial charge < -0.3 is 10.4 Å². The number of hydrogen-bond donors (Lipinski definition) is 2. The van der Waals surface area contributed by atoms with Gasteiger partial charge in [0.2, 0.25) is 0 Å². The molecule has 0 saturated carbocycles. The van der Waals surface area contributed by atoms with E-state index in [9.17, 15) is 5.11 Å². The highest BCUT2D eigenvalue weighted by atomic mass is 16.3. The zero-order valence-corrected chi connectivity index (χ0v) is 13.4. The van der Waals surface area contributed by atoms with Crippen LogP contribution in [-0.4, -0.2) is 48.3 Å². The van der Waals surface area contributed by atoms with Crippen molar-refractivity contribution in [3.63, 3.8) is 0 Å². The van der Waals surface area contributed by atoms with E-state index in [-0.39, 0.29) is 6.10 Å². The third-order valence-electron chi connectivity index (χ3n) is 6.33. The van der Waals surface area contributed by atoms with Gasteiger partial charge in [-0.1, -0.05) is 24.3 Å². The predicted molar refractivity (Wildman–Crippen MR) is 89.1 cm³/mol. The van der Waals surface area contributed by atoms with E-state index in [4.69, 9.17) is 0 Å². The molecule has 0 aromatic heterocycles. The molecule has 2 saturated heterocycles. The zero-order valence-electron chi connectivity index (χ0n) is 13.4. The van der Waals surface area contributed by atoms with E-state index >= 15 is 0 Å². The lowest BCUT2D eigenvalue weighted by atomic mass is 9.64. The van der Waals surface area contributed by atoms with Crippen LogP contribution in [0.3, 0.4) is 0 Å². The summed E-state index contributed by atoms with van der Waals surface area (Å²) >= 11 is 0. The van der Waals surface area contributed by atoms with Crippen molar-refractivity contribution >= 4 is 0 Å². The summed E-state index contributed by atoms with van der Waals surface area (Å²) < 4.78 is 0. The second-order valence-corrected chi connectivity index (χ2v) is 7.45. The molecule has 2 atom stereocenters. The highest BCUT2D eigenvalue weighted by Crippen LogP contribution is 2.45. The van der Waals surface area contributed by atoms with Crippen molar-refractivity contribution in [2.45, 2.75) is 56.1 Å². The van der Waals surface area contributed by atoms with E-state index < -0.39 is 0 Å². The molecule has 0 bridgehead atoms. The lowest BCUT2D eigenvalue weighted by Crippen LogP contribution is -2.57. The third kappa shape index (κ3) is 2.49. The number of rotatable bonds is 1. The first-order chi connectivity index (χ1) is 10.8. The molecule has 22 heavy (non-hydrogen) atoms. The summed E-state index contributed by atoms with van der Waals surface area (Å²) in [6.45, 7) is 4.18. The Morgan fingerprint density at radius 1 is 1.14 bits per heavy atom. The number of aliphatic hydroxyl groups is 1. The number of nitrogens with zero attached hydrogens (tertiary/aromatic N) is 1. The van der Waals surface area contributed by atoms with Crippen molar-refractivity contribution in [3.05, 3.63) is 35.4 Å². The Morgan fingerprint density at radius 2 is 1.95 bits per heavy atom. The van der Waals surface area contributed by atoms with E-state index in [0.29, 0.717) is 11.5 Å². The van der Waals surface area contributed by atoms with Gasteiger partial charge in [-0.05, 0) is 74.7 Å². The first-order valence-electron chi connectivity index (χ1n) is 9.00. The molecule has 3 aliphatic rings. The number of aliphatic hydroxyl groups excluding tert-OH is 1. The monoisotopic (exact) mass is 300 g/mol. The van der Waals surface area contributed by atoms with Gasteiger partial charge in [0.25, 0.3) is 0 Å². The Labute approximate surface area is 133 Å². The normalized spacial score (nSPS) is 31.9. The Morgan fingerprint density at radius 3 is 2.77 bits per heavy atom. The minimum atomic E-state index is -0.144. The number of hydrogen-bond acceptors (Lipinski definition) is 3. The lowest BCUT2D eigenvalue weighted by Gasteiger charge is -2.48. The molecule has 2 heterocycles. The minimum absolute atomic E-state index is 0.144. The van der Waals surface area contributed by atoms with Crippen molar-refractivity contribution in [1.29, 1.82) is 0 Å². The van der Waals surface area contributed by atoms with Crippen molar-refractivity contribution in [1.82, 2.24) is 10.2 Å². The van der Waals surface area contributed by atoms with E-state index in [1.165, 1.54) is 32.1 Å². The fraction of sp³-hybridized carbons (Fsp3) is 0.684. The van der Waals surface area contributed by atoms with Crippen LogP contribution in [0.2, 0.25) is 0 Å². The van der Waals surface area contributed by atoms with Gasteiger partial charge in [0.05, 0.1) is 6.10 Å². The van der Waals surface area contributed by atoms with Crippen LogP contribution >= 0.6 is 0 Å². The average Bonchev–Trinajstić information content (AvgIpc) is 2.57. The molecule has 0 radical (unpaired) electrons. The smallest absolute Gasteiger partial charge is 0.0719 e. The van der Waals surface area contributed by atoms with Gasteiger partial charge in [-0.2, -0.15) is 0 Å². The van der Waals surface area contributed by atoms with Gasteiger partial charge in [0.15, 0.2) is 0 Å². The third-order valence-corrected chi connectivity index (χ3v) is 6.33. The van der Waals surface area contributed by atoms with E-state index in [1.807, 2.05) is 0 Å². The molecule has 0 amide bonds. The maximum absolute atomic E-state index is 10.3. The maximum Gasteiger partial charge on any atom is 0.0719 e. The molecule has 2 N–H and O–H groups in total. The largest absolute Gasteiger partial charge is 0.391 e. The molecule has 3 nitrogen and oxygen atoms in total. The number of likely N-dealkylation sites (tertiary alicyclic amines) is 1. The molecule has 1 spiro atoms. The quantitative estimate of drug-likeness (QED) is 0.833. The number of benzene rings is 1. The summed E-state index contributed by atoms with van der Waals surface area (Å²) in [6, 6.07) is 9.44. The Kier molecular flexibility index (Phi) is 3.97. The molecule has 120 valence electrons. The van der Waals surface area contributed by atoms with Crippen LogP contribution in [0.4, 0.5) is 0 Å². The van der Waals surface area contributed by atoms with Crippen molar-refractivity contribution < 1.29 is 5.11 Å². The van der Waals surface area contributed by atoms with E-state index in [0.717, 1.165) is 32.6 Å². The molecular weight excluding hydrogens is 272 g/mol. The Balaban J connectivity index is 1.50. The first-order valence-corrected chi connectivity index (χ1v) is 9.00. The number of fused-ring (bicyclic) bond motifs is 2. The molecule has 1 aromatic rings. The molecule has 3 heteroatoms. The molecule has 1 aliphatic carbocycles. The van der Waals surface area contributed by atoms with Crippen LogP contribution in [0.15, 0.2) is 24.3 Å². The van der Waals surface area contributed by atoms with Crippen LogP contribution in [0.25, 0.3) is 0 Å². The number of piperidine rings is 2. The van der Waals surface area contributed by atoms with Gasteiger partial charge in [-0.15, -0.1) is 0 Å². The van der Waals surface area contributed by atoms with Gasteiger partial charge in [0.1, 0.15) is 0 Å². The number of aryl methyl sites for hydroxylation is 1. The van der Waals surface area contributed by atoms with Crippen LogP contribution in [0.1, 0.15) is 43.2 Å². The van der Waals surface area contributed by atoms with Crippen molar-refractivity contribution in [2.24, 2.45) is 0 Å². The minimum Gasteiger partial charge on any atom is -0.391 e. The molecule has 4 rings (SSSR count). The van der Waals surface area contributed by atoms with Crippen molar-refractivity contribution in [3.8, 4) is 0 Å². The maximum atomic E-state index is 10.3. The van der Waals surface area contributed by atoms with Gasteiger partial charge in [0, 0.05) is 12.6 Å². The summed E-state index contributed by atoms with van der Waals surface area (Å²) in [5, 5.41) is 13.7. The second-order valence-electron chi connectivity index (χ2n) is 7.45. The summed E-state index contributed by atoms with van der Waals surface area (Å²) in [7, 11) is 0. The standard InChI is InChI=1S/C19H28N2O/c22-18-7-11-20-14-17(18)21-12-9-19(10-13-21)8-3-5-15-4-1-2-6-16(15)19/h1-2,4,6,17-18,20,22H,3,5,7-14H2. The van der Waals surface area contributed by atoms with Gasteiger partial charge >= 0.3 is 0 Å². The SMILES string of the molecule is OC1CCNCC1N1CCC2(CCCc3ccccc32)CC1. The van der Waals surface area contributed by atoms with Crippen LogP contribution in [0, 0.1) is 0 Å². The number of nitrogens with one attached hydrogen (secondary N) is 1. The molecule has 1 aromatic carbocycles. The fourth-order valence-corrected chi connectivity index (χ4v) is 5.01. The van der Waals surface area contributed by atoms with Crippen LogP contribution in [0.5, 0.6) is 0 Å². The van der Waals surface area contributed by atoms with Crippen LogP contribution in [-0.2, 0) is 11.8 Å². The topological polar surface area (TPSA) is 35.5 Å². The van der Waals surface area contributed by atoms with E-state index in [1.54, 1.807) is 11.1 Å². The fourth-order valence-electron chi connectivity index (χ4n) is 5.01. The summed E-state index contributed by atoms with van der Waals surface area (Å²) in [4.78, 5) is 2.54. The summed E-state index contributed by atoms with van der Waals surface area (Å²) in [6.07, 6.45) is 7.21. The van der Waals surface area contributed by atoms with Crippen LogP contribution < -0.4 is 5.32 Å². The van der Waals surface area contributed by atoms with E-state index in [2.05, 4.69) is 34.5 Å². The highest BCUT2D eigenvalue weighted by Gasteiger charge is 2.41. The Bertz CT molecular complexity index is 522. The average molecular weight is 300 g/mol. The second kappa shape index (κ2) is 5.95. The molecule has 2 fully saturated rings. The first kappa shape index (κ1) is 14.7. The molecule has 2 unspecified atom stereocenters. The molecule has 2 aliphatic heterocycles. The predicted octanol–water partition coefficient (Wildman–Crippen LogP) is 2.08. The summed E-state index contributed by atoms with van der Waals surface area (Å²) in [5.41, 5.74) is 3.63. The Hall–Kier alpha value is -0.900. The highest BCUT2D eigenvalue weighted by molar-refractivity contribution is 5.37. The van der Waals surface area contributed by atoms with Crippen molar-refractivity contribution in [2.75, 3.05) is 26.2 Å². The summed E-state index contributed by atoms with van der Waals surface area (Å²) in [5.74, 6) is 0. The molecular formula is C19H28N2O. The van der Waals surface area contributed by atoms with Gasteiger partial charge in [-0.25, -0.2) is 0 Å². The zero-order chi connectivity index (χ0) is 15.0. The van der Waals surface area contributed by atoms with Gasteiger partial charge in [-0.3, -0.25) is 4.90 Å².